The standard InChI is InChI=1S/C25H17NO4/c27-23-21-19-15-5-1-2-6-16(15)20(18-8-4-3-7-17(18)19)22(21)24(28)26(23)14-11-9-13(10-12-14)25(29)30/h1-12,19-22H,(H,29,30)/p-1/t19?,20?,21-,22-/m0/s1. The number of carbonyl (C=O) groups excluding carboxylic acids is 3. The molecular formula is C25H16NO4-. The molecule has 3 aromatic rings. The van der Waals surface area contributed by atoms with Gasteiger partial charge in [0.05, 0.1) is 23.5 Å². The number of amides is 2. The summed E-state index contributed by atoms with van der Waals surface area (Å²) in [7, 11) is 0. The molecule has 0 saturated carbocycles. The van der Waals surface area contributed by atoms with Crippen LogP contribution in [0.3, 0.4) is 0 Å². The third-order valence-electron chi connectivity index (χ3n) is 6.81. The van der Waals surface area contributed by atoms with Gasteiger partial charge in [-0.3, -0.25) is 9.59 Å². The Kier molecular flexibility index (Phi) is 3.37. The fourth-order valence-corrected chi connectivity index (χ4v) is 5.68. The maximum absolute atomic E-state index is 13.6. The molecule has 0 unspecified atom stereocenters. The molecule has 5 nitrogen and oxygen atoms in total. The second-order valence-corrected chi connectivity index (χ2v) is 8.11. The minimum absolute atomic E-state index is 0.00939. The molecule has 7 rings (SSSR count). The number of carboxylic acid groups (broad SMARTS) is 1. The highest BCUT2D eigenvalue weighted by atomic mass is 16.4. The Morgan fingerprint density at radius 2 is 1.07 bits per heavy atom. The monoisotopic (exact) mass is 394 g/mol. The second kappa shape index (κ2) is 5.89. The maximum Gasteiger partial charge on any atom is 0.238 e. The predicted molar refractivity (Wildman–Crippen MR) is 107 cm³/mol. The van der Waals surface area contributed by atoms with E-state index in [0.717, 1.165) is 22.3 Å². The third-order valence-corrected chi connectivity index (χ3v) is 6.81. The zero-order chi connectivity index (χ0) is 20.6. The van der Waals surface area contributed by atoms with Crippen LogP contribution in [0.5, 0.6) is 0 Å². The summed E-state index contributed by atoms with van der Waals surface area (Å²) in [5.41, 5.74) is 4.90. The van der Waals surface area contributed by atoms with Crippen LogP contribution in [-0.2, 0) is 9.59 Å². The van der Waals surface area contributed by atoms with Crippen molar-refractivity contribution in [2.45, 2.75) is 11.8 Å². The van der Waals surface area contributed by atoms with Crippen LogP contribution in [0.2, 0.25) is 0 Å². The minimum atomic E-state index is -1.29. The van der Waals surface area contributed by atoms with Crippen molar-refractivity contribution in [3.8, 4) is 0 Å². The molecule has 30 heavy (non-hydrogen) atoms. The quantitative estimate of drug-likeness (QED) is 0.626. The highest BCUT2D eigenvalue weighted by Crippen LogP contribution is 2.61. The summed E-state index contributed by atoms with van der Waals surface area (Å²) < 4.78 is 0. The summed E-state index contributed by atoms with van der Waals surface area (Å²) in [5.74, 6) is -2.94. The van der Waals surface area contributed by atoms with Gasteiger partial charge in [0, 0.05) is 11.8 Å². The summed E-state index contributed by atoms with van der Waals surface area (Å²) in [6.07, 6.45) is 0. The van der Waals surface area contributed by atoms with Crippen LogP contribution >= 0.6 is 0 Å². The number of anilines is 1. The van der Waals surface area contributed by atoms with E-state index >= 15 is 0 Å². The van der Waals surface area contributed by atoms with Gasteiger partial charge in [0.2, 0.25) is 11.8 Å². The first-order valence-corrected chi connectivity index (χ1v) is 9.95. The van der Waals surface area contributed by atoms with Gasteiger partial charge in [0.15, 0.2) is 0 Å². The van der Waals surface area contributed by atoms with Crippen LogP contribution in [0, 0.1) is 11.8 Å². The van der Waals surface area contributed by atoms with E-state index in [2.05, 4.69) is 24.3 Å². The fraction of sp³-hybridized carbons (Fsp3) is 0.160. The Balaban J connectivity index is 1.51. The SMILES string of the molecule is O=C([O-])c1ccc(N2C(=O)[C@H]3C4c5ccccc5C(c5ccccc54)[C@@H]3C2=O)cc1. The first-order valence-electron chi connectivity index (χ1n) is 9.95. The number of imide groups is 1. The average Bonchev–Trinajstić information content (AvgIpc) is 3.04. The molecule has 5 heteroatoms. The lowest BCUT2D eigenvalue weighted by Crippen LogP contribution is -2.41. The molecule has 2 bridgehead atoms. The summed E-state index contributed by atoms with van der Waals surface area (Å²) in [4.78, 5) is 39.4. The number of hydrogen-bond acceptors (Lipinski definition) is 4. The fourth-order valence-electron chi connectivity index (χ4n) is 5.68. The molecule has 2 atom stereocenters. The molecule has 4 aliphatic rings. The smallest absolute Gasteiger partial charge is 0.238 e. The molecule has 0 spiro atoms. The van der Waals surface area contributed by atoms with E-state index in [1.165, 1.54) is 29.2 Å². The van der Waals surface area contributed by atoms with Gasteiger partial charge in [-0.2, -0.15) is 0 Å². The van der Waals surface area contributed by atoms with Crippen LogP contribution in [0.15, 0.2) is 72.8 Å². The lowest BCUT2D eigenvalue weighted by molar-refractivity contribution is -0.255. The van der Waals surface area contributed by atoms with Gasteiger partial charge in [0.25, 0.3) is 0 Å². The van der Waals surface area contributed by atoms with Crippen molar-refractivity contribution in [1.29, 1.82) is 0 Å². The maximum atomic E-state index is 13.6. The molecular weight excluding hydrogens is 378 g/mol. The van der Waals surface area contributed by atoms with Gasteiger partial charge in [0.1, 0.15) is 0 Å². The molecule has 0 aromatic heterocycles. The molecule has 146 valence electrons. The Morgan fingerprint density at radius 3 is 1.43 bits per heavy atom. The normalized spacial score (nSPS) is 25.7. The second-order valence-electron chi connectivity index (χ2n) is 8.11. The van der Waals surface area contributed by atoms with Crippen molar-refractivity contribution in [2.24, 2.45) is 11.8 Å². The number of aromatic carboxylic acids is 1. The number of benzene rings is 3. The Labute approximate surface area is 172 Å². The molecule has 1 saturated heterocycles. The predicted octanol–water partition coefficient (Wildman–Crippen LogP) is 2.45. The Bertz CT molecular complexity index is 1130. The van der Waals surface area contributed by atoms with E-state index in [9.17, 15) is 19.5 Å². The van der Waals surface area contributed by atoms with E-state index in [1.54, 1.807) is 0 Å². The molecule has 1 fully saturated rings. The Hall–Kier alpha value is -3.73. The van der Waals surface area contributed by atoms with Gasteiger partial charge in [-0.15, -0.1) is 0 Å². The van der Waals surface area contributed by atoms with Gasteiger partial charge in [-0.05, 0) is 39.9 Å². The van der Waals surface area contributed by atoms with Crippen LogP contribution < -0.4 is 10.0 Å². The zero-order valence-corrected chi connectivity index (χ0v) is 15.8. The van der Waals surface area contributed by atoms with Gasteiger partial charge < -0.3 is 9.90 Å². The first kappa shape index (κ1) is 17.2. The van der Waals surface area contributed by atoms with Crippen LogP contribution in [0.25, 0.3) is 0 Å². The van der Waals surface area contributed by atoms with E-state index in [-0.39, 0.29) is 29.2 Å². The van der Waals surface area contributed by atoms with Crippen LogP contribution in [-0.4, -0.2) is 17.8 Å². The van der Waals surface area contributed by atoms with Crippen molar-refractivity contribution >= 4 is 23.5 Å². The highest BCUT2D eigenvalue weighted by molar-refractivity contribution is 6.23. The van der Waals surface area contributed by atoms with E-state index in [4.69, 9.17) is 0 Å². The van der Waals surface area contributed by atoms with Gasteiger partial charge >= 0.3 is 0 Å². The van der Waals surface area contributed by atoms with E-state index < -0.39 is 17.8 Å². The zero-order valence-electron chi connectivity index (χ0n) is 15.8. The summed E-state index contributed by atoms with van der Waals surface area (Å²) >= 11 is 0. The molecule has 0 radical (unpaired) electrons. The van der Waals surface area contributed by atoms with Crippen LogP contribution in [0.1, 0.15) is 44.4 Å². The lowest BCUT2D eigenvalue weighted by atomic mass is 9.55. The molecule has 1 heterocycles. The molecule has 3 aliphatic carbocycles. The number of rotatable bonds is 2. The van der Waals surface area contributed by atoms with Crippen molar-refractivity contribution in [3.05, 3.63) is 101 Å². The minimum Gasteiger partial charge on any atom is -0.545 e. The van der Waals surface area contributed by atoms with Gasteiger partial charge in [-0.1, -0.05) is 60.7 Å². The van der Waals surface area contributed by atoms with E-state index in [0.29, 0.717) is 5.69 Å². The van der Waals surface area contributed by atoms with Crippen LogP contribution in [0.4, 0.5) is 5.69 Å². The van der Waals surface area contributed by atoms with Crippen molar-refractivity contribution in [3.63, 3.8) is 0 Å². The highest BCUT2D eigenvalue weighted by Gasteiger charge is 2.61. The van der Waals surface area contributed by atoms with Crippen molar-refractivity contribution in [2.75, 3.05) is 4.90 Å². The number of hydrogen-bond donors (Lipinski definition) is 0. The number of carboxylic acids is 1. The Morgan fingerprint density at radius 1 is 0.667 bits per heavy atom. The van der Waals surface area contributed by atoms with Crippen molar-refractivity contribution < 1.29 is 19.5 Å². The van der Waals surface area contributed by atoms with Crippen molar-refractivity contribution in [1.82, 2.24) is 0 Å². The van der Waals surface area contributed by atoms with E-state index in [1.807, 2.05) is 24.3 Å². The lowest BCUT2D eigenvalue weighted by Gasteiger charge is -2.45. The number of nitrogens with zero attached hydrogens (tertiary/aromatic N) is 1. The third kappa shape index (κ3) is 2.04. The molecule has 3 aromatic carbocycles. The molecule has 0 N–H and O–H groups in total. The summed E-state index contributed by atoms with van der Waals surface area (Å²) in [5, 5.41) is 11.1. The first-order chi connectivity index (χ1) is 14.6. The molecule has 1 aliphatic heterocycles. The number of carbonyl (C=O) groups is 3. The summed E-state index contributed by atoms with van der Waals surface area (Å²) in [6.45, 7) is 0. The molecule has 2 amide bonds. The average molecular weight is 394 g/mol. The van der Waals surface area contributed by atoms with Gasteiger partial charge in [-0.25, -0.2) is 4.90 Å². The summed E-state index contributed by atoms with van der Waals surface area (Å²) in [6, 6.07) is 21.9. The topological polar surface area (TPSA) is 77.5 Å². The largest absolute Gasteiger partial charge is 0.545 e.